The van der Waals surface area contributed by atoms with Crippen LogP contribution < -0.4 is 14.5 Å². The maximum atomic E-state index is 13.2. The number of ether oxygens (including phenoxy) is 2. The first kappa shape index (κ1) is 21.1. The van der Waals surface area contributed by atoms with Gasteiger partial charge in [-0.25, -0.2) is 9.18 Å². The summed E-state index contributed by atoms with van der Waals surface area (Å²) in [5, 5.41) is 4.44. The quantitative estimate of drug-likeness (QED) is 0.602. The van der Waals surface area contributed by atoms with E-state index in [-0.39, 0.29) is 30.3 Å². The average Bonchev–Trinajstić information content (AvgIpc) is 3.22. The molecular weight excluding hydrogens is 427 g/mol. The molecule has 9 heteroatoms. The molecule has 8 nitrogen and oxygen atoms in total. The van der Waals surface area contributed by atoms with Crippen molar-refractivity contribution in [3.8, 4) is 16.9 Å². The van der Waals surface area contributed by atoms with Crippen LogP contribution in [-0.4, -0.2) is 47.6 Å². The van der Waals surface area contributed by atoms with Crippen LogP contribution in [-0.2, 0) is 9.53 Å². The number of benzene rings is 2. The lowest BCUT2D eigenvalue weighted by molar-refractivity contribution is -0.117. The first-order valence-electron chi connectivity index (χ1n) is 10.7. The third-order valence-corrected chi connectivity index (χ3v) is 5.92. The Morgan fingerprint density at radius 2 is 1.85 bits per heavy atom. The van der Waals surface area contributed by atoms with E-state index in [1.54, 1.807) is 11.1 Å². The molecule has 1 atom stereocenters. The van der Waals surface area contributed by atoms with Crippen LogP contribution in [0.15, 0.2) is 54.9 Å². The molecule has 2 aliphatic heterocycles. The third kappa shape index (κ3) is 3.95. The summed E-state index contributed by atoms with van der Waals surface area (Å²) in [6.07, 6.45) is 3.12. The summed E-state index contributed by atoms with van der Waals surface area (Å²) in [6, 6.07) is 10.9. The van der Waals surface area contributed by atoms with Gasteiger partial charge in [0.15, 0.2) is 0 Å². The molecule has 0 bridgehead atoms. The number of rotatable bonds is 3. The number of hydrogen-bond acceptors (Lipinski definition) is 5. The van der Waals surface area contributed by atoms with E-state index in [0.717, 1.165) is 11.1 Å². The summed E-state index contributed by atoms with van der Waals surface area (Å²) in [4.78, 5) is 28.7. The van der Waals surface area contributed by atoms with Gasteiger partial charge < -0.3 is 14.4 Å². The summed E-state index contributed by atoms with van der Waals surface area (Å²) in [6.45, 7) is 4.92. The fourth-order valence-corrected chi connectivity index (χ4v) is 4.18. The van der Waals surface area contributed by atoms with Gasteiger partial charge in [0, 0.05) is 25.2 Å². The molecule has 1 fully saturated rings. The van der Waals surface area contributed by atoms with Crippen molar-refractivity contribution in [2.24, 2.45) is 0 Å². The summed E-state index contributed by atoms with van der Waals surface area (Å²) < 4.78 is 25.8. The number of amides is 2. The van der Waals surface area contributed by atoms with Crippen molar-refractivity contribution in [3.63, 3.8) is 0 Å². The van der Waals surface area contributed by atoms with E-state index in [4.69, 9.17) is 9.47 Å². The second-order valence-electron chi connectivity index (χ2n) is 8.27. The van der Waals surface area contributed by atoms with E-state index < -0.39 is 11.9 Å². The van der Waals surface area contributed by atoms with Gasteiger partial charge in [0.25, 0.3) is 0 Å². The van der Waals surface area contributed by atoms with Crippen molar-refractivity contribution in [1.29, 1.82) is 0 Å². The van der Waals surface area contributed by atoms with Crippen LogP contribution in [0, 0.1) is 5.82 Å². The second kappa shape index (κ2) is 8.32. The molecule has 5 rings (SSSR count). The summed E-state index contributed by atoms with van der Waals surface area (Å²) >= 11 is 0. The van der Waals surface area contributed by atoms with Gasteiger partial charge in [-0.1, -0.05) is 6.07 Å². The van der Waals surface area contributed by atoms with Crippen molar-refractivity contribution >= 4 is 23.4 Å². The molecule has 2 aliphatic rings. The van der Waals surface area contributed by atoms with E-state index in [1.807, 2.05) is 36.0 Å². The molecule has 3 aromatic rings. The van der Waals surface area contributed by atoms with Gasteiger partial charge in [-0.05, 0) is 48.9 Å². The van der Waals surface area contributed by atoms with E-state index in [9.17, 15) is 14.0 Å². The number of fused-ring (bicyclic) bond motifs is 1. The molecule has 2 amide bonds. The molecule has 1 unspecified atom stereocenters. The van der Waals surface area contributed by atoms with Crippen LogP contribution in [0.2, 0.25) is 0 Å². The number of aromatic nitrogens is 2. The smallest absolute Gasteiger partial charge is 0.410 e. The number of hydrogen-bond donors (Lipinski definition) is 0. The van der Waals surface area contributed by atoms with Gasteiger partial charge >= 0.3 is 6.09 Å². The topological polar surface area (TPSA) is 76.9 Å². The highest BCUT2D eigenvalue weighted by molar-refractivity contribution is 6.03. The molecule has 1 saturated heterocycles. The lowest BCUT2D eigenvalue weighted by atomic mass is 10.0. The van der Waals surface area contributed by atoms with E-state index in [1.165, 1.54) is 36.1 Å². The summed E-state index contributed by atoms with van der Waals surface area (Å²) in [5.74, 6) is -0.284. The lowest BCUT2D eigenvalue weighted by Crippen LogP contribution is -2.52. The lowest BCUT2D eigenvalue weighted by Gasteiger charge is -2.40. The van der Waals surface area contributed by atoms with Crippen molar-refractivity contribution in [2.45, 2.75) is 25.9 Å². The number of carbonyl (C=O) groups is 2. The minimum atomic E-state index is -0.600. The highest BCUT2D eigenvalue weighted by Crippen LogP contribution is 2.39. The molecule has 170 valence electrons. The Morgan fingerprint density at radius 1 is 1.09 bits per heavy atom. The predicted octanol–water partition coefficient (Wildman–Crippen LogP) is 4.02. The fraction of sp³-hybridized carbons (Fsp3) is 0.292. The van der Waals surface area contributed by atoms with Crippen molar-refractivity contribution in [3.05, 3.63) is 60.7 Å². The zero-order valence-electron chi connectivity index (χ0n) is 18.3. The van der Waals surface area contributed by atoms with Crippen molar-refractivity contribution in [1.82, 2.24) is 9.78 Å². The molecule has 0 aliphatic carbocycles. The van der Waals surface area contributed by atoms with Gasteiger partial charge in [0.2, 0.25) is 5.91 Å². The number of halogens is 1. The monoisotopic (exact) mass is 450 g/mol. The summed E-state index contributed by atoms with van der Waals surface area (Å²) in [5.41, 5.74) is 2.94. The second-order valence-corrected chi connectivity index (χ2v) is 8.27. The Kier molecular flexibility index (Phi) is 5.33. The van der Waals surface area contributed by atoms with Gasteiger partial charge in [-0.15, -0.1) is 0 Å². The predicted molar refractivity (Wildman–Crippen MR) is 120 cm³/mol. The molecule has 0 spiro atoms. The van der Waals surface area contributed by atoms with E-state index in [2.05, 4.69) is 5.10 Å². The SMILES string of the molecule is CC(=O)N1c2ccc(-c3cnn(C4COC4)c3)cc2N(C(=O)Oc2ccc(F)cc2)CC1C. The van der Waals surface area contributed by atoms with Gasteiger partial charge in [0.05, 0.1) is 42.9 Å². The molecular formula is C24H23FN4O4. The Labute approximate surface area is 190 Å². The molecule has 3 heterocycles. The summed E-state index contributed by atoms with van der Waals surface area (Å²) in [7, 11) is 0. The Morgan fingerprint density at radius 3 is 2.52 bits per heavy atom. The largest absolute Gasteiger partial charge is 0.419 e. The van der Waals surface area contributed by atoms with Gasteiger partial charge in [0.1, 0.15) is 11.6 Å². The molecule has 1 aromatic heterocycles. The maximum absolute atomic E-state index is 13.2. The first-order valence-corrected chi connectivity index (χ1v) is 10.7. The van der Waals surface area contributed by atoms with Crippen LogP contribution in [0.5, 0.6) is 5.75 Å². The Hall–Kier alpha value is -3.72. The van der Waals surface area contributed by atoms with Crippen molar-refractivity contribution in [2.75, 3.05) is 29.6 Å². The minimum Gasteiger partial charge on any atom is -0.410 e. The first-order chi connectivity index (χ1) is 15.9. The number of nitrogens with zero attached hydrogens (tertiary/aromatic N) is 4. The van der Waals surface area contributed by atoms with Crippen molar-refractivity contribution < 1.29 is 23.5 Å². The van der Waals surface area contributed by atoms with Crippen LogP contribution in [0.4, 0.5) is 20.6 Å². The van der Waals surface area contributed by atoms with Gasteiger partial charge in [-0.3, -0.25) is 14.4 Å². The fourth-order valence-electron chi connectivity index (χ4n) is 4.18. The average molecular weight is 450 g/mol. The van der Waals surface area contributed by atoms with Gasteiger partial charge in [-0.2, -0.15) is 5.10 Å². The van der Waals surface area contributed by atoms with E-state index in [0.29, 0.717) is 24.6 Å². The number of anilines is 2. The zero-order valence-corrected chi connectivity index (χ0v) is 18.3. The van der Waals surface area contributed by atoms with E-state index >= 15 is 0 Å². The molecule has 0 radical (unpaired) electrons. The van der Waals surface area contributed by atoms with Crippen LogP contribution in [0.1, 0.15) is 19.9 Å². The van der Waals surface area contributed by atoms with Crippen LogP contribution in [0.3, 0.4) is 0 Å². The number of carbonyl (C=O) groups excluding carboxylic acids is 2. The van der Waals surface area contributed by atoms with Crippen LogP contribution in [0.25, 0.3) is 11.1 Å². The Bertz CT molecular complexity index is 1210. The Balaban J connectivity index is 1.50. The third-order valence-electron chi connectivity index (χ3n) is 5.92. The normalized spacial score (nSPS) is 18.0. The maximum Gasteiger partial charge on any atom is 0.419 e. The molecule has 2 aromatic carbocycles. The van der Waals surface area contributed by atoms with Crippen LogP contribution >= 0.6 is 0 Å². The highest BCUT2D eigenvalue weighted by Gasteiger charge is 2.35. The zero-order chi connectivity index (χ0) is 23.1. The standard InChI is InChI=1S/C24H23FN4O4/c1-15-11-27(24(31)33-21-6-4-19(25)5-7-21)23-9-17(3-8-22(23)29(15)16(2)30)18-10-26-28(12-18)20-13-32-14-20/h3-10,12,15,20H,11,13-14H2,1-2H3. The molecule has 0 saturated carbocycles. The molecule has 0 N–H and O–H groups in total. The molecule has 33 heavy (non-hydrogen) atoms. The minimum absolute atomic E-state index is 0.110. The highest BCUT2D eigenvalue weighted by atomic mass is 19.1.